The molecule has 0 spiro atoms. The van der Waals surface area contributed by atoms with Gasteiger partial charge in [-0.05, 0) is 51.3 Å². The monoisotopic (exact) mass is 326 g/mol. The zero-order chi connectivity index (χ0) is 17.2. The average Bonchev–Trinajstić information content (AvgIpc) is 2.47. The van der Waals surface area contributed by atoms with Crippen LogP contribution in [0.2, 0.25) is 0 Å². The predicted molar refractivity (Wildman–Crippen MR) is 95.9 cm³/mol. The van der Waals surface area contributed by atoms with Gasteiger partial charge in [-0.15, -0.1) is 0 Å². The van der Waals surface area contributed by atoms with Crippen LogP contribution in [-0.4, -0.2) is 10.9 Å². The average molecular weight is 326 g/mol. The van der Waals surface area contributed by atoms with Crippen molar-refractivity contribution in [1.82, 2.24) is 0 Å². The second-order valence-electron chi connectivity index (χ2n) is 6.73. The van der Waals surface area contributed by atoms with Crippen LogP contribution in [0.4, 0.5) is 0 Å². The molecule has 2 nitrogen and oxygen atoms in total. The number of hydrogen-bond acceptors (Lipinski definition) is 2. The minimum Gasteiger partial charge on any atom is -0.293 e. The summed E-state index contributed by atoms with van der Waals surface area (Å²) in [6.45, 7) is 9.71. The lowest BCUT2D eigenvalue weighted by Crippen LogP contribution is -2.31. The van der Waals surface area contributed by atoms with Crippen molar-refractivity contribution >= 4 is 14.2 Å². The van der Waals surface area contributed by atoms with E-state index in [9.17, 15) is 9.36 Å². The lowest BCUT2D eigenvalue weighted by Gasteiger charge is -2.28. The van der Waals surface area contributed by atoms with Crippen molar-refractivity contribution in [3.05, 3.63) is 70.3 Å². The molecule has 1 atom stereocenters. The largest absolute Gasteiger partial charge is 0.293 e. The van der Waals surface area contributed by atoms with Crippen LogP contribution in [0.25, 0.3) is 0 Å². The van der Waals surface area contributed by atoms with Crippen LogP contribution in [0, 0.1) is 20.8 Å². The molecule has 2 aromatic rings. The minimum absolute atomic E-state index is 0.0273. The summed E-state index contributed by atoms with van der Waals surface area (Å²) >= 11 is 0. The van der Waals surface area contributed by atoms with Crippen LogP contribution in [-0.2, 0) is 4.57 Å². The second kappa shape index (κ2) is 6.76. The molecule has 2 rings (SSSR count). The molecule has 0 saturated heterocycles. The molecule has 0 N–H and O–H groups in total. The molecule has 1 unspecified atom stereocenters. The van der Waals surface area contributed by atoms with Gasteiger partial charge in [-0.1, -0.05) is 48.0 Å². The molecular weight excluding hydrogens is 303 g/mol. The van der Waals surface area contributed by atoms with Gasteiger partial charge in [0, 0.05) is 5.56 Å². The van der Waals surface area contributed by atoms with Gasteiger partial charge in [-0.25, -0.2) is 0 Å². The van der Waals surface area contributed by atoms with E-state index in [0.29, 0.717) is 0 Å². The van der Waals surface area contributed by atoms with Gasteiger partial charge < -0.3 is 0 Å². The summed E-state index contributed by atoms with van der Waals surface area (Å²) in [6.07, 6.45) is 0. The number of Topliss-reactive ketones (excluding diaryl/α,β-unsaturated/α-hetero) is 1. The first-order valence-electron chi connectivity index (χ1n) is 7.79. The van der Waals surface area contributed by atoms with E-state index in [-0.39, 0.29) is 14.2 Å². The van der Waals surface area contributed by atoms with E-state index >= 15 is 0 Å². The van der Waals surface area contributed by atoms with Crippen LogP contribution in [0.1, 0.15) is 52.4 Å². The van der Waals surface area contributed by atoms with Crippen molar-refractivity contribution in [3.8, 4) is 0 Å². The fourth-order valence-electron chi connectivity index (χ4n) is 3.29. The van der Waals surface area contributed by atoms with E-state index in [4.69, 9.17) is 0 Å². The topological polar surface area (TPSA) is 34.1 Å². The second-order valence-corrected chi connectivity index (χ2v) is 8.06. The molecule has 0 aromatic heterocycles. The zero-order valence-electron chi connectivity index (χ0n) is 14.4. The molecule has 0 aliphatic rings. The Morgan fingerprint density at radius 1 is 1.00 bits per heavy atom. The van der Waals surface area contributed by atoms with Crippen LogP contribution in [0.5, 0.6) is 0 Å². The van der Waals surface area contributed by atoms with Crippen molar-refractivity contribution < 1.29 is 9.36 Å². The van der Waals surface area contributed by atoms with Crippen LogP contribution < -0.4 is 0 Å². The predicted octanol–water partition coefficient (Wildman–Crippen LogP) is 5.65. The Morgan fingerprint density at radius 3 is 2.00 bits per heavy atom. The summed E-state index contributed by atoms with van der Waals surface area (Å²) in [5.74, 6) is -0.400. The van der Waals surface area contributed by atoms with E-state index in [1.807, 2.05) is 77.1 Å². The fraction of sp³-hybridized carbons (Fsp3) is 0.350. The van der Waals surface area contributed by atoms with Gasteiger partial charge in [0.2, 0.25) is 0 Å². The molecule has 0 fully saturated rings. The van der Waals surface area contributed by atoms with Crippen LogP contribution >= 0.6 is 8.46 Å². The van der Waals surface area contributed by atoms with E-state index in [2.05, 4.69) is 0 Å². The number of hydrogen-bond donors (Lipinski definition) is 0. The van der Waals surface area contributed by atoms with E-state index in [1.165, 1.54) is 0 Å². The SMILES string of the molecule is Cc1cc(C)c(C(=O)C(c2ccccc2)C(C)(C)P=O)c(C)c1. The highest BCUT2D eigenvalue weighted by Crippen LogP contribution is 2.41. The molecular formula is C20H23O2P. The molecule has 2 aromatic carbocycles. The van der Waals surface area contributed by atoms with E-state index in [1.54, 1.807) is 0 Å². The van der Waals surface area contributed by atoms with Crippen molar-refractivity contribution in [2.24, 2.45) is 0 Å². The highest BCUT2D eigenvalue weighted by molar-refractivity contribution is 7.26. The Bertz CT molecular complexity index is 710. The van der Waals surface area contributed by atoms with Crippen LogP contribution in [0.3, 0.4) is 0 Å². The normalized spacial score (nSPS) is 13.1. The molecule has 0 heterocycles. The van der Waals surface area contributed by atoms with Gasteiger partial charge in [0.25, 0.3) is 0 Å². The Kier molecular flexibility index (Phi) is 5.16. The zero-order valence-corrected chi connectivity index (χ0v) is 15.3. The van der Waals surface area contributed by atoms with Crippen molar-refractivity contribution in [1.29, 1.82) is 0 Å². The Balaban J connectivity index is 2.62. The molecule has 3 heteroatoms. The van der Waals surface area contributed by atoms with Gasteiger partial charge in [-0.2, -0.15) is 0 Å². The fourth-order valence-corrected chi connectivity index (χ4v) is 3.66. The van der Waals surface area contributed by atoms with Gasteiger partial charge in [-0.3, -0.25) is 9.36 Å². The highest BCUT2D eigenvalue weighted by Gasteiger charge is 2.38. The molecule has 23 heavy (non-hydrogen) atoms. The lowest BCUT2D eigenvalue weighted by atomic mass is 9.79. The van der Waals surface area contributed by atoms with Gasteiger partial charge in [0.1, 0.15) is 0 Å². The Morgan fingerprint density at radius 2 is 1.52 bits per heavy atom. The summed E-state index contributed by atoms with van der Waals surface area (Å²) in [6, 6.07) is 13.7. The molecule has 0 saturated carbocycles. The summed E-state index contributed by atoms with van der Waals surface area (Å²) in [7, 11) is -0.0273. The number of carbonyl (C=O) groups excluding carboxylic acids is 1. The van der Waals surface area contributed by atoms with Gasteiger partial charge >= 0.3 is 0 Å². The summed E-state index contributed by atoms with van der Waals surface area (Å²) in [5, 5.41) is -0.664. The maximum atomic E-state index is 13.4. The first-order chi connectivity index (χ1) is 10.8. The molecule has 0 radical (unpaired) electrons. The summed E-state index contributed by atoms with van der Waals surface area (Å²) < 4.78 is 11.7. The standard InChI is InChI=1S/C20H23O2P/c1-13-11-14(2)17(15(3)12-13)19(21)18(20(4,5)23-22)16-9-7-6-8-10-16/h6-12,18H,1-5H3. The maximum absolute atomic E-state index is 13.4. The highest BCUT2D eigenvalue weighted by atomic mass is 31.1. The third-order valence-electron chi connectivity index (χ3n) is 4.26. The number of carbonyl (C=O) groups is 1. The summed E-state index contributed by atoms with van der Waals surface area (Å²) in [5.41, 5.74) is 4.76. The minimum atomic E-state index is -0.664. The van der Waals surface area contributed by atoms with Crippen LogP contribution in [0.15, 0.2) is 42.5 Å². The van der Waals surface area contributed by atoms with Crippen molar-refractivity contribution in [3.63, 3.8) is 0 Å². The molecule has 0 amide bonds. The maximum Gasteiger partial charge on any atom is 0.172 e. The lowest BCUT2D eigenvalue weighted by molar-refractivity contribution is 0.0943. The summed E-state index contributed by atoms with van der Waals surface area (Å²) in [4.78, 5) is 13.4. The number of rotatable bonds is 5. The Hall–Kier alpha value is -1.79. The van der Waals surface area contributed by atoms with E-state index in [0.717, 1.165) is 27.8 Å². The first-order valence-corrected chi connectivity index (χ1v) is 8.60. The number of benzene rings is 2. The number of aryl methyl sites for hydroxylation is 3. The van der Waals surface area contributed by atoms with Crippen molar-refractivity contribution in [2.75, 3.05) is 0 Å². The third kappa shape index (κ3) is 3.59. The van der Waals surface area contributed by atoms with Gasteiger partial charge in [0.15, 0.2) is 14.2 Å². The van der Waals surface area contributed by atoms with E-state index < -0.39 is 11.1 Å². The quantitative estimate of drug-likeness (QED) is 0.525. The smallest absolute Gasteiger partial charge is 0.172 e. The van der Waals surface area contributed by atoms with Crippen molar-refractivity contribution in [2.45, 2.75) is 45.7 Å². The molecule has 0 aliphatic carbocycles. The Labute approximate surface area is 140 Å². The molecule has 120 valence electrons. The number of ketones is 1. The van der Waals surface area contributed by atoms with Gasteiger partial charge in [0.05, 0.1) is 11.1 Å². The molecule has 0 bridgehead atoms. The first kappa shape index (κ1) is 17.6. The molecule has 0 aliphatic heterocycles. The third-order valence-corrected chi connectivity index (χ3v) is 4.99.